The van der Waals surface area contributed by atoms with Crippen molar-refractivity contribution in [3.63, 3.8) is 0 Å². The molecule has 0 heterocycles. The monoisotopic (exact) mass is 364 g/mol. The van der Waals surface area contributed by atoms with Gasteiger partial charge in [-0.1, -0.05) is 55.0 Å². The number of rotatable bonds is 14. The lowest BCUT2D eigenvalue weighted by molar-refractivity contribution is 0.0112. The summed E-state index contributed by atoms with van der Waals surface area (Å²) in [5.41, 5.74) is 0. The number of alkyl halides is 1. The molecule has 1 rings (SSSR count). The van der Waals surface area contributed by atoms with Gasteiger partial charge in [0, 0.05) is 18.5 Å². The van der Waals surface area contributed by atoms with Crippen molar-refractivity contribution < 1.29 is 14.2 Å². The van der Waals surface area contributed by atoms with Crippen molar-refractivity contribution in [1.29, 1.82) is 0 Å². The fourth-order valence-corrected chi connectivity index (χ4v) is 3.74. The molecule has 0 amide bonds. The molecule has 1 aliphatic carbocycles. The molecule has 3 nitrogen and oxygen atoms in total. The molecule has 1 unspecified atom stereocenters. The van der Waals surface area contributed by atoms with Crippen LogP contribution in [-0.4, -0.2) is 45.0 Å². The summed E-state index contributed by atoms with van der Waals surface area (Å²) in [6.07, 6.45) is 9.17. The SMILES string of the molecule is CCCCOCCOCCOCCC(CBr)C1CCCC1. The first-order chi connectivity index (χ1) is 10.4. The first-order valence-corrected chi connectivity index (χ1v) is 9.79. The van der Waals surface area contributed by atoms with Crippen molar-refractivity contribution in [2.45, 2.75) is 51.9 Å². The van der Waals surface area contributed by atoms with Crippen molar-refractivity contribution in [2.75, 3.05) is 45.0 Å². The van der Waals surface area contributed by atoms with E-state index in [0.717, 1.165) is 36.8 Å². The van der Waals surface area contributed by atoms with Gasteiger partial charge in [-0.25, -0.2) is 0 Å². The minimum absolute atomic E-state index is 0.680. The zero-order chi connectivity index (χ0) is 15.2. The van der Waals surface area contributed by atoms with E-state index in [1.54, 1.807) is 0 Å². The average molecular weight is 365 g/mol. The Balaban J connectivity index is 1.83. The Hall–Kier alpha value is 0.360. The minimum atomic E-state index is 0.680. The first-order valence-electron chi connectivity index (χ1n) is 8.67. The van der Waals surface area contributed by atoms with E-state index in [1.165, 1.54) is 38.5 Å². The summed E-state index contributed by atoms with van der Waals surface area (Å²) in [6.45, 7) is 6.65. The third-order valence-electron chi connectivity index (χ3n) is 4.28. The van der Waals surface area contributed by atoms with Crippen molar-refractivity contribution in [3.8, 4) is 0 Å². The summed E-state index contributed by atoms with van der Waals surface area (Å²) in [5.74, 6) is 1.71. The normalized spacial score (nSPS) is 17.4. The van der Waals surface area contributed by atoms with Crippen LogP contribution in [0.25, 0.3) is 0 Å². The van der Waals surface area contributed by atoms with Gasteiger partial charge < -0.3 is 14.2 Å². The Morgan fingerprint density at radius 1 is 0.905 bits per heavy atom. The lowest BCUT2D eigenvalue weighted by Gasteiger charge is -2.20. The third kappa shape index (κ3) is 9.88. The van der Waals surface area contributed by atoms with Gasteiger partial charge in [-0.2, -0.15) is 0 Å². The van der Waals surface area contributed by atoms with Crippen LogP contribution in [0.3, 0.4) is 0 Å². The Morgan fingerprint density at radius 2 is 1.48 bits per heavy atom. The van der Waals surface area contributed by atoms with Gasteiger partial charge in [0.25, 0.3) is 0 Å². The second kappa shape index (κ2) is 14.0. The summed E-state index contributed by atoms with van der Waals surface area (Å²) in [4.78, 5) is 0. The maximum atomic E-state index is 5.68. The summed E-state index contributed by atoms with van der Waals surface area (Å²) >= 11 is 3.66. The molecule has 1 saturated carbocycles. The highest BCUT2D eigenvalue weighted by Gasteiger charge is 2.23. The largest absolute Gasteiger partial charge is 0.379 e. The number of unbranched alkanes of at least 4 members (excludes halogenated alkanes) is 1. The molecule has 0 aromatic rings. The maximum absolute atomic E-state index is 5.68. The molecule has 1 fully saturated rings. The Morgan fingerprint density at radius 3 is 2.05 bits per heavy atom. The molecule has 0 spiro atoms. The molecule has 4 heteroatoms. The van der Waals surface area contributed by atoms with Crippen molar-refractivity contribution in [3.05, 3.63) is 0 Å². The Bertz CT molecular complexity index is 220. The molecule has 0 N–H and O–H groups in total. The second-order valence-electron chi connectivity index (χ2n) is 5.94. The van der Waals surface area contributed by atoms with Gasteiger partial charge in [-0.3, -0.25) is 0 Å². The van der Waals surface area contributed by atoms with E-state index in [1.807, 2.05) is 0 Å². The van der Waals surface area contributed by atoms with E-state index in [4.69, 9.17) is 14.2 Å². The molecule has 126 valence electrons. The quantitative estimate of drug-likeness (QED) is 0.337. The second-order valence-corrected chi connectivity index (χ2v) is 6.59. The minimum Gasteiger partial charge on any atom is -0.379 e. The third-order valence-corrected chi connectivity index (χ3v) is 5.12. The van der Waals surface area contributed by atoms with E-state index < -0.39 is 0 Å². The first kappa shape index (κ1) is 19.4. The van der Waals surface area contributed by atoms with Crippen LogP contribution in [0.15, 0.2) is 0 Å². The molecule has 0 radical (unpaired) electrons. The molecule has 1 atom stereocenters. The number of hydrogen-bond donors (Lipinski definition) is 0. The van der Waals surface area contributed by atoms with Crippen LogP contribution < -0.4 is 0 Å². The van der Waals surface area contributed by atoms with Gasteiger partial charge in [-0.05, 0) is 24.7 Å². The van der Waals surface area contributed by atoms with Gasteiger partial charge in [0.05, 0.1) is 26.4 Å². The zero-order valence-electron chi connectivity index (χ0n) is 13.7. The van der Waals surface area contributed by atoms with E-state index in [2.05, 4.69) is 22.9 Å². The van der Waals surface area contributed by atoms with Gasteiger partial charge in [0.15, 0.2) is 0 Å². The molecular formula is C17H33BrO3. The van der Waals surface area contributed by atoms with Crippen molar-refractivity contribution in [2.24, 2.45) is 11.8 Å². The lowest BCUT2D eigenvalue weighted by Crippen LogP contribution is -2.17. The Labute approximate surface area is 139 Å². The van der Waals surface area contributed by atoms with Crippen molar-refractivity contribution in [1.82, 2.24) is 0 Å². The summed E-state index contributed by atoms with van der Waals surface area (Å²) in [5, 5.41) is 1.12. The molecule has 0 bridgehead atoms. The van der Waals surface area contributed by atoms with E-state index in [0.29, 0.717) is 26.4 Å². The highest BCUT2D eigenvalue weighted by atomic mass is 79.9. The maximum Gasteiger partial charge on any atom is 0.0701 e. The zero-order valence-corrected chi connectivity index (χ0v) is 15.2. The standard InChI is InChI=1S/C17H33BrO3/c1-2-3-9-19-11-13-21-14-12-20-10-8-17(15-18)16-6-4-5-7-16/h16-17H,2-15H2,1H3. The predicted octanol–water partition coefficient (Wildman–Crippen LogP) is 4.43. The van der Waals surface area contributed by atoms with Crippen LogP contribution in [-0.2, 0) is 14.2 Å². The molecule has 1 aliphatic rings. The lowest BCUT2D eigenvalue weighted by atomic mass is 9.90. The number of hydrogen-bond acceptors (Lipinski definition) is 3. The van der Waals surface area contributed by atoms with Crippen LogP contribution in [0.1, 0.15) is 51.9 Å². The number of halogens is 1. The summed E-state index contributed by atoms with van der Waals surface area (Å²) in [6, 6.07) is 0. The molecule has 0 aliphatic heterocycles. The van der Waals surface area contributed by atoms with Crippen LogP contribution in [0.4, 0.5) is 0 Å². The molecule has 0 saturated heterocycles. The van der Waals surface area contributed by atoms with Gasteiger partial charge in [0.2, 0.25) is 0 Å². The Kier molecular flexibility index (Phi) is 12.9. The van der Waals surface area contributed by atoms with Crippen molar-refractivity contribution >= 4 is 15.9 Å². The van der Waals surface area contributed by atoms with Gasteiger partial charge in [-0.15, -0.1) is 0 Å². The van der Waals surface area contributed by atoms with Gasteiger partial charge >= 0.3 is 0 Å². The summed E-state index contributed by atoms with van der Waals surface area (Å²) in [7, 11) is 0. The fraction of sp³-hybridized carbons (Fsp3) is 1.00. The van der Waals surface area contributed by atoms with Crippen LogP contribution in [0.5, 0.6) is 0 Å². The average Bonchev–Trinajstić information content (AvgIpc) is 3.03. The van der Waals surface area contributed by atoms with E-state index in [9.17, 15) is 0 Å². The molecule has 0 aromatic carbocycles. The number of ether oxygens (including phenoxy) is 3. The smallest absolute Gasteiger partial charge is 0.0701 e. The summed E-state index contributed by atoms with van der Waals surface area (Å²) < 4.78 is 16.6. The molecule has 21 heavy (non-hydrogen) atoms. The molecule has 0 aromatic heterocycles. The predicted molar refractivity (Wildman–Crippen MR) is 91.2 cm³/mol. The van der Waals surface area contributed by atoms with Crippen LogP contribution in [0.2, 0.25) is 0 Å². The van der Waals surface area contributed by atoms with Gasteiger partial charge in [0.1, 0.15) is 0 Å². The molecular weight excluding hydrogens is 332 g/mol. The van der Waals surface area contributed by atoms with E-state index in [-0.39, 0.29) is 0 Å². The van der Waals surface area contributed by atoms with Crippen LogP contribution >= 0.6 is 15.9 Å². The topological polar surface area (TPSA) is 27.7 Å². The van der Waals surface area contributed by atoms with E-state index >= 15 is 0 Å². The van der Waals surface area contributed by atoms with Crippen LogP contribution in [0, 0.1) is 11.8 Å². The highest BCUT2D eigenvalue weighted by molar-refractivity contribution is 9.09. The fourth-order valence-electron chi connectivity index (χ4n) is 2.89. The highest BCUT2D eigenvalue weighted by Crippen LogP contribution is 2.33.